The van der Waals surface area contributed by atoms with E-state index in [0.717, 1.165) is 65.2 Å². The van der Waals surface area contributed by atoms with Gasteiger partial charge in [-0.1, -0.05) is 37.5 Å². The highest BCUT2D eigenvalue weighted by Gasteiger charge is 2.21. The number of rotatable bonds is 3. The smallest absolute Gasteiger partial charge is 0.251 e. The second-order valence-electron chi connectivity index (χ2n) is 6.78. The quantitative estimate of drug-likeness (QED) is 0.834. The minimum Gasteiger partial charge on any atom is -0.486 e. The highest BCUT2D eigenvalue weighted by Crippen LogP contribution is 2.35. The predicted molar refractivity (Wildman–Crippen MR) is 98.2 cm³/mol. The summed E-state index contributed by atoms with van der Waals surface area (Å²) in [7, 11) is 0. The van der Waals surface area contributed by atoms with Gasteiger partial charge in [-0.25, -0.2) is 0 Å². The van der Waals surface area contributed by atoms with E-state index in [9.17, 15) is 4.79 Å². The van der Waals surface area contributed by atoms with E-state index < -0.39 is 0 Å². The number of hydrogen-bond donors (Lipinski definition) is 0. The molecule has 0 unspecified atom stereocenters. The van der Waals surface area contributed by atoms with Gasteiger partial charge in [-0.15, -0.1) is 0 Å². The molecule has 1 saturated carbocycles. The molecular weight excluding hydrogens is 336 g/mol. The molecule has 1 amide bonds. The second kappa shape index (κ2) is 7.20. The Morgan fingerprint density at radius 3 is 2.64 bits per heavy atom. The molecule has 2 aromatic rings. The molecule has 1 aliphatic heterocycles. The Hall–Kier alpha value is -1.82. The maximum absolute atomic E-state index is 12.6. The maximum Gasteiger partial charge on any atom is 0.251 e. The lowest BCUT2D eigenvalue weighted by molar-refractivity contribution is -0.122. The summed E-state index contributed by atoms with van der Waals surface area (Å²) in [5, 5.41) is 0. The highest BCUT2D eigenvalue weighted by molar-refractivity contribution is 7.16. The Morgan fingerprint density at radius 1 is 1.20 bits per heavy atom. The molecule has 134 valence electrons. The third-order valence-electron chi connectivity index (χ3n) is 4.95. The van der Waals surface area contributed by atoms with Gasteiger partial charge in [-0.3, -0.25) is 4.79 Å². The Morgan fingerprint density at radius 2 is 1.92 bits per heavy atom. The number of nitrogens with zero attached hydrogens (tertiary/aromatic N) is 2. The molecule has 0 saturated heterocycles. The van der Waals surface area contributed by atoms with Crippen LogP contribution in [0, 0.1) is 5.92 Å². The summed E-state index contributed by atoms with van der Waals surface area (Å²) in [5.41, 5.74) is 1.08. The van der Waals surface area contributed by atoms with Crippen LogP contribution >= 0.6 is 11.3 Å². The molecule has 25 heavy (non-hydrogen) atoms. The Labute approximate surface area is 151 Å². The van der Waals surface area contributed by atoms with Crippen molar-refractivity contribution < 1.29 is 14.3 Å². The highest BCUT2D eigenvalue weighted by atomic mass is 32.1. The zero-order valence-electron chi connectivity index (χ0n) is 14.6. The van der Waals surface area contributed by atoms with Gasteiger partial charge in [0.25, 0.3) is 5.91 Å². The maximum atomic E-state index is 12.6. The molecule has 1 fully saturated rings. The van der Waals surface area contributed by atoms with Crippen LogP contribution in [-0.2, 0) is 11.3 Å². The number of ether oxygens (including phenoxy) is 2. The molecule has 1 aromatic heterocycles. The molecule has 4 rings (SSSR count). The molecule has 2 aliphatic rings. The average Bonchev–Trinajstić information content (AvgIpc) is 2.97. The van der Waals surface area contributed by atoms with Crippen molar-refractivity contribution in [2.75, 3.05) is 13.2 Å². The van der Waals surface area contributed by atoms with Crippen molar-refractivity contribution in [2.24, 2.45) is 10.9 Å². The molecule has 0 radical (unpaired) electrons. The summed E-state index contributed by atoms with van der Waals surface area (Å²) in [4.78, 5) is 18.0. The minimum atomic E-state index is 0.0494. The monoisotopic (exact) mass is 360 g/mol. The van der Waals surface area contributed by atoms with Gasteiger partial charge in [0.15, 0.2) is 16.3 Å². The normalized spacial score (nSPS) is 18.7. The number of hydrogen-bond acceptors (Lipinski definition) is 4. The van der Waals surface area contributed by atoms with Crippen LogP contribution in [0.4, 0.5) is 0 Å². The standard InChI is InChI=1S/C19H24N2O3S/c1-2-8-21-14-11-15-16(24-10-9-23-15)12-17(14)25-19(21)20-18(22)13-6-4-3-5-7-13/h11-13H,2-10H2,1H3. The molecule has 1 aromatic carbocycles. The third-order valence-corrected chi connectivity index (χ3v) is 6.00. The topological polar surface area (TPSA) is 52.8 Å². The molecule has 5 nitrogen and oxygen atoms in total. The molecule has 1 aliphatic carbocycles. The molecule has 2 heterocycles. The van der Waals surface area contributed by atoms with Crippen LogP contribution in [0.1, 0.15) is 45.4 Å². The first-order valence-corrected chi connectivity index (χ1v) is 10.1. The number of amides is 1. The van der Waals surface area contributed by atoms with Crippen molar-refractivity contribution in [3.05, 3.63) is 16.9 Å². The molecule has 0 bridgehead atoms. The van der Waals surface area contributed by atoms with Crippen LogP contribution in [0.25, 0.3) is 10.2 Å². The zero-order valence-corrected chi connectivity index (χ0v) is 15.4. The molecule has 0 spiro atoms. The summed E-state index contributed by atoms with van der Waals surface area (Å²) in [6.45, 7) is 4.14. The van der Waals surface area contributed by atoms with Gasteiger partial charge in [0.1, 0.15) is 13.2 Å². The van der Waals surface area contributed by atoms with Crippen LogP contribution in [0.5, 0.6) is 11.5 Å². The van der Waals surface area contributed by atoms with Gasteiger partial charge in [0, 0.05) is 24.6 Å². The van der Waals surface area contributed by atoms with E-state index in [0.29, 0.717) is 13.2 Å². The summed E-state index contributed by atoms with van der Waals surface area (Å²) >= 11 is 1.57. The first kappa shape index (κ1) is 16.6. The summed E-state index contributed by atoms with van der Waals surface area (Å²) in [6, 6.07) is 4.05. The first-order chi connectivity index (χ1) is 12.3. The van der Waals surface area contributed by atoms with Crippen molar-refractivity contribution in [3.8, 4) is 11.5 Å². The van der Waals surface area contributed by atoms with E-state index in [1.807, 2.05) is 12.1 Å². The van der Waals surface area contributed by atoms with Gasteiger partial charge >= 0.3 is 0 Å². The fourth-order valence-corrected chi connectivity index (χ4v) is 4.74. The average molecular weight is 360 g/mol. The predicted octanol–water partition coefficient (Wildman–Crippen LogP) is 3.89. The lowest BCUT2D eigenvalue weighted by atomic mass is 9.89. The Kier molecular flexibility index (Phi) is 4.79. The molecule has 0 N–H and O–H groups in total. The van der Waals surface area contributed by atoms with Gasteiger partial charge in [0.05, 0.1) is 10.2 Å². The van der Waals surface area contributed by atoms with Crippen LogP contribution in [0.3, 0.4) is 0 Å². The van der Waals surface area contributed by atoms with Crippen molar-refractivity contribution >= 4 is 27.5 Å². The minimum absolute atomic E-state index is 0.0494. The van der Waals surface area contributed by atoms with Crippen LogP contribution in [0.15, 0.2) is 17.1 Å². The van der Waals surface area contributed by atoms with E-state index in [1.54, 1.807) is 11.3 Å². The van der Waals surface area contributed by atoms with Crippen molar-refractivity contribution in [1.29, 1.82) is 0 Å². The van der Waals surface area contributed by atoms with E-state index in [1.165, 1.54) is 6.42 Å². The van der Waals surface area contributed by atoms with Gasteiger partial charge < -0.3 is 14.0 Å². The SMILES string of the molecule is CCCn1c(=NC(=O)C2CCCCC2)sc2cc3c(cc21)OCCO3. The van der Waals surface area contributed by atoms with Crippen LogP contribution in [0.2, 0.25) is 0 Å². The summed E-state index contributed by atoms with van der Waals surface area (Å²) < 4.78 is 14.7. The molecule has 6 heteroatoms. The third kappa shape index (κ3) is 3.32. The Bertz CT molecular complexity index is 846. The number of fused-ring (bicyclic) bond motifs is 2. The number of carbonyl (C=O) groups is 1. The number of benzene rings is 1. The van der Waals surface area contributed by atoms with E-state index in [-0.39, 0.29) is 11.8 Å². The number of aromatic nitrogens is 1. The second-order valence-corrected chi connectivity index (χ2v) is 7.79. The Balaban J connectivity index is 1.77. The summed E-state index contributed by atoms with van der Waals surface area (Å²) in [5.74, 6) is 1.72. The van der Waals surface area contributed by atoms with E-state index >= 15 is 0 Å². The lowest BCUT2D eigenvalue weighted by Crippen LogP contribution is -2.22. The van der Waals surface area contributed by atoms with E-state index in [4.69, 9.17) is 9.47 Å². The fraction of sp³-hybridized carbons (Fsp3) is 0.579. The van der Waals surface area contributed by atoms with Crippen molar-refractivity contribution in [2.45, 2.75) is 52.0 Å². The van der Waals surface area contributed by atoms with Gasteiger partial charge in [0.2, 0.25) is 0 Å². The molecule has 0 atom stereocenters. The van der Waals surface area contributed by atoms with Crippen LogP contribution in [-0.4, -0.2) is 23.7 Å². The zero-order chi connectivity index (χ0) is 17.2. The number of aryl methyl sites for hydroxylation is 1. The fourth-order valence-electron chi connectivity index (χ4n) is 3.67. The largest absolute Gasteiger partial charge is 0.486 e. The number of carbonyl (C=O) groups excluding carboxylic acids is 1. The lowest BCUT2D eigenvalue weighted by Gasteiger charge is -2.18. The van der Waals surface area contributed by atoms with Crippen molar-refractivity contribution in [3.63, 3.8) is 0 Å². The van der Waals surface area contributed by atoms with Crippen molar-refractivity contribution in [1.82, 2.24) is 4.57 Å². The first-order valence-electron chi connectivity index (χ1n) is 9.28. The molecular formula is C19H24N2O3S. The summed E-state index contributed by atoms with van der Waals surface area (Å²) in [6.07, 6.45) is 6.50. The van der Waals surface area contributed by atoms with E-state index in [2.05, 4.69) is 16.5 Å². The van der Waals surface area contributed by atoms with Gasteiger partial charge in [-0.05, 0) is 19.3 Å². The number of thiazole rings is 1. The van der Waals surface area contributed by atoms with Gasteiger partial charge in [-0.2, -0.15) is 4.99 Å². The van der Waals surface area contributed by atoms with Crippen LogP contribution < -0.4 is 14.3 Å².